The van der Waals surface area contributed by atoms with Crippen LogP contribution in [0.25, 0.3) is 0 Å². The fourth-order valence-electron chi connectivity index (χ4n) is 3.68. The monoisotopic (exact) mass is 468 g/mol. The van der Waals surface area contributed by atoms with Gasteiger partial charge in [-0.15, -0.1) is 11.3 Å². The van der Waals surface area contributed by atoms with Crippen LogP contribution in [0.15, 0.2) is 76.4 Å². The van der Waals surface area contributed by atoms with E-state index in [1.807, 2.05) is 61.5 Å². The highest BCUT2D eigenvalue weighted by molar-refractivity contribution is 7.11. The van der Waals surface area contributed by atoms with Crippen LogP contribution in [-0.2, 0) is 4.79 Å². The lowest BCUT2D eigenvalue weighted by Crippen LogP contribution is -2.38. The molecule has 0 radical (unpaired) electrons. The molecule has 0 saturated carbocycles. The predicted molar refractivity (Wildman–Crippen MR) is 126 cm³/mol. The summed E-state index contributed by atoms with van der Waals surface area (Å²) in [7, 11) is 1.85. The zero-order valence-corrected chi connectivity index (χ0v) is 19.4. The number of thiazole rings is 1. The quantitative estimate of drug-likeness (QED) is 0.536. The highest BCUT2D eigenvalue weighted by Crippen LogP contribution is 2.38. The van der Waals surface area contributed by atoms with Crippen molar-refractivity contribution in [2.75, 3.05) is 7.05 Å². The molecule has 1 aliphatic heterocycles. The molecule has 2 heterocycles. The van der Waals surface area contributed by atoms with Crippen molar-refractivity contribution in [3.8, 4) is 0 Å². The summed E-state index contributed by atoms with van der Waals surface area (Å²) in [5, 5.41) is 5.89. The summed E-state index contributed by atoms with van der Waals surface area (Å²) in [5.41, 5.74) is 2.75. The highest BCUT2D eigenvalue weighted by atomic mass is 35.5. The zero-order chi connectivity index (χ0) is 22.8. The molecular formula is C24H22ClFN4OS. The van der Waals surface area contributed by atoms with Crippen molar-refractivity contribution in [1.29, 1.82) is 0 Å². The molecule has 2 atom stereocenters. The van der Waals surface area contributed by atoms with E-state index in [0.717, 1.165) is 16.3 Å². The third-order valence-electron chi connectivity index (χ3n) is 5.51. The lowest BCUT2D eigenvalue weighted by molar-refractivity contribution is -0.118. The number of carbonyl (C=O) groups is 1. The second-order valence-corrected chi connectivity index (χ2v) is 8.82. The van der Waals surface area contributed by atoms with Crippen molar-refractivity contribution in [1.82, 2.24) is 15.2 Å². The normalized spacial score (nSPS) is 17.2. The summed E-state index contributed by atoms with van der Waals surface area (Å²) >= 11 is 7.86. The summed E-state index contributed by atoms with van der Waals surface area (Å²) in [5.74, 6) is -0.0613. The van der Waals surface area contributed by atoms with Crippen LogP contribution in [-0.4, -0.2) is 28.7 Å². The summed E-state index contributed by atoms with van der Waals surface area (Å²) in [4.78, 5) is 24.6. The molecular weight excluding hydrogens is 447 g/mol. The molecule has 1 aromatic heterocycles. The molecule has 32 heavy (non-hydrogen) atoms. The second kappa shape index (κ2) is 9.22. The van der Waals surface area contributed by atoms with Crippen LogP contribution >= 0.6 is 22.9 Å². The number of amides is 1. The van der Waals surface area contributed by atoms with Gasteiger partial charge in [-0.25, -0.2) is 9.37 Å². The molecule has 1 N–H and O–H groups in total. The number of hydrogen-bond donors (Lipinski definition) is 1. The minimum absolute atomic E-state index is 0.206. The van der Waals surface area contributed by atoms with Gasteiger partial charge in [0, 0.05) is 34.9 Å². The second-order valence-electron chi connectivity index (χ2n) is 7.52. The Morgan fingerprint density at radius 3 is 2.66 bits per heavy atom. The van der Waals surface area contributed by atoms with Gasteiger partial charge in [-0.1, -0.05) is 48.0 Å². The van der Waals surface area contributed by atoms with E-state index in [2.05, 4.69) is 10.3 Å². The van der Waals surface area contributed by atoms with Crippen molar-refractivity contribution < 1.29 is 9.18 Å². The molecule has 1 aliphatic rings. The molecule has 0 aliphatic carbocycles. The van der Waals surface area contributed by atoms with E-state index >= 15 is 0 Å². The number of benzene rings is 2. The van der Waals surface area contributed by atoms with Gasteiger partial charge in [-0.3, -0.25) is 9.79 Å². The van der Waals surface area contributed by atoms with Crippen LogP contribution in [0, 0.1) is 5.82 Å². The number of aromatic nitrogens is 1. The minimum Gasteiger partial charge on any atom is -0.346 e. The molecule has 4 rings (SSSR count). The first kappa shape index (κ1) is 22.2. The first-order chi connectivity index (χ1) is 15.4. The molecule has 0 fully saturated rings. The molecule has 0 saturated heterocycles. The Balaban J connectivity index is 1.76. The average molecular weight is 469 g/mol. The van der Waals surface area contributed by atoms with Crippen molar-refractivity contribution in [2.45, 2.75) is 25.9 Å². The van der Waals surface area contributed by atoms with Crippen LogP contribution in [0.1, 0.15) is 42.1 Å². The van der Waals surface area contributed by atoms with Crippen molar-refractivity contribution >= 4 is 34.7 Å². The van der Waals surface area contributed by atoms with E-state index in [9.17, 15) is 9.18 Å². The number of hydrogen-bond acceptors (Lipinski definition) is 5. The summed E-state index contributed by atoms with van der Waals surface area (Å²) in [6.07, 6.45) is 1.71. The summed E-state index contributed by atoms with van der Waals surface area (Å²) in [6.45, 7) is 3.80. The van der Waals surface area contributed by atoms with Gasteiger partial charge in [0.15, 0.2) is 10.8 Å². The Morgan fingerprint density at radius 2 is 2.00 bits per heavy atom. The Bertz CT molecular complexity index is 1190. The molecule has 8 heteroatoms. The van der Waals surface area contributed by atoms with Gasteiger partial charge in [-0.05, 0) is 31.5 Å². The SMILES string of the molecule is CC1=C(C(=O)NC(C)c2ccccc2)[C@H](c2ccc(F)cc2Cl)N=C(c2nccs2)N1C. The van der Waals surface area contributed by atoms with E-state index in [-0.39, 0.29) is 17.0 Å². The Hall–Kier alpha value is -3.03. The van der Waals surface area contributed by atoms with Crippen LogP contribution in [0.4, 0.5) is 4.39 Å². The lowest BCUT2D eigenvalue weighted by atomic mass is 9.94. The van der Waals surface area contributed by atoms with Gasteiger partial charge in [0.2, 0.25) is 0 Å². The molecule has 0 spiro atoms. The number of halogens is 2. The van der Waals surface area contributed by atoms with Crippen LogP contribution in [0.3, 0.4) is 0 Å². The van der Waals surface area contributed by atoms with E-state index in [1.54, 1.807) is 12.3 Å². The average Bonchev–Trinajstić information content (AvgIpc) is 3.31. The summed E-state index contributed by atoms with van der Waals surface area (Å²) < 4.78 is 13.7. The highest BCUT2D eigenvalue weighted by Gasteiger charge is 2.34. The Kier molecular flexibility index (Phi) is 6.39. The molecule has 0 bridgehead atoms. The third kappa shape index (κ3) is 4.31. The zero-order valence-electron chi connectivity index (χ0n) is 17.8. The molecule has 164 valence electrons. The van der Waals surface area contributed by atoms with E-state index in [1.165, 1.54) is 23.5 Å². The van der Waals surface area contributed by atoms with E-state index in [0.29, 0.717) is 17.0 Å². The number of aliphatic imine (C=N–C) groups is 1. The summed E-state index contributed by atoms with van der Waals surface area (Å²) in [6, 6.07) is 13.0. The van der Waals surface area contributed by atoms with Gasteiger partial charge in [0.05, 0.1) is 11.6 Å². The van der Waals surface area contributed by atoms with Crippen LogP contribution in [0.2, 0.25) is 5.02 Å². The Labute approximate surface area is 195 Å². The third-order valence-corrected chi connectivity index (χ3v) is 6.60. The van der Waals surface area contributed by atoms with Crippen molar-refractivity contribution in [2.24, 2.45) is 4.99 Å². The molecule has 5 nitrogen and oxygen atoms in total. The Morgan fingerprint density at radius 1 is 1.25 bits per heavy atom. The lowest BCUT2D eigenvalue weighted by Gasteiger charge is -2.33. The minimum atomic E-state index is -0.693. The maximum Gasteiger partial charge on any atom is 0.251 e. The standard InChI is InChI=1S/C24H22ClFN4OS/c1-14(16-7-5-4-6-8-16)28-23(31)20-15(2)30(3)22(24-27-11-12-32-24)29-21(20)18-10-9-17(26)13-19(18)25/h4-14,21H,1-3H3,(H,28,31)/t14?,21-/m0/s1. The van der Waals surface area contributed by atoms with Crippen molar-refractivity contribution in [3.05, 3.63) is 98.4 Å². The number of allylic oxidation sites excluding steroid dienone is 1. The molecule has 1 amide bonds. The number of amidine groups is 1. The van der Waals surface area contributed by atoms with Gasteiger partial charge in [0.25, 0.3) is 5.91 Å². The predicted octanol–water partition coefficient (Wildman–Crippen LogP) is 5.52. The smallest absolute Gasteiger partial charge is 0.251 e. The van der Waals surface area contributed by atoms with Crippen LogP contribution in [0.5, 0.6) is 0 Å². The molecule has 3 aromatic rings. The number of carbonyl (C=O) groups excluding carboxylic acids is 1. The van der Waals surface area contributed by atoms with Gasteiger partial charge < -0.3 is 10.2 Å². The maximum atomic E-state index is 13.7. The van der Waals surface area contributed by atoms with Gasteiger partial charge >= 0.3 is 0 Å². The largest absolute Gasteiger partial charge is 0.346 e. The van der Waals surface area contributed by atoms with Crippen LogP contribution < -0.4 is 5.32 Å². The van der Waals surface area contributed by atoms with Gasteiger partial charge in [-0.2, -0.15) is 0 Å². The van der Waals surface area contributed by atoms with Gasteiger partial charge in [0.1, 0.15) is 11.9 Å². The fraction of sp³-hybridized carbons (Fsp3) is 0.208. The topological polar surface area (TPSA) is 57.6 Å². The van der Waals surface area contributed by atoms with Crippen molar-refractivity contribution in [3.63, 3.8) is 0 Å². The number of nitrogens with one attached hydrogen (secondary N) is 1. The van der Waals surface area contributed by atoms with E-state index < -0.39 is 11.9 Å². The first-order valence-electron chi connectivity index (χ1n) is 10.1. The maximum absolute atomic E-state index is 13.7. The number of nitrogens with zero attached hydrogens (tertiary/aromatic N) is 3. The fourth-order valence-corrected chi connectivity index (χ4v) is 4.62. The molecule has 2 aromatic carbocycles. The first-order valence-corrected chi connectivity index (χ1v) is 11.4. The number of rotatable bonds is 5. The van der Waals surface area contributed by atoms with E-state index in [4.69, 9.17) is 16.6 Å². The molecule has 1 unspecified atom stereocenters.